The maximum Gasteiger partial charge on any atom is 0.267 e. The fraction of sp³-hybridized carbons (Fsp3) is 0.333. The first kappa shape index (κ1) is 16.9. The number of aromatic nitrogens is 2. The Labute approximate surface area is 162 Å². The molecule has 0 aliphatic carbocycles. The molecule has 2 N–H and O–H groups in total. The average molecular weight is 378 g/mol. The van der Waals surface area contributed by atoms with Gasteiger partial charge in [0.15, 0.2) is 11.5 Å². The van der Waals surface area contributed by atoms with Crippen LogP contribution in [0.15, 0.2) is 48.5 Å². The largest absolute Gasteiger partial charge is 0.485 e. The molecule has 1 aromatic heterocycles. The highest BCUT2D eigenvalue weighted by molar-refractivity contribution is 5.82. The molecule has 1 saturated heterocycles. The van der Waals surface area contributed by atoms with E-state index in [-0.39, 0.29) is 18.6 Å². The molecule has 1 fully saturated rings. The van der Waals surface area contributed by atoms with Crippen molar-refractivity contribution >= 4 is 22.9 Å². The van der Waals surface area contributed by atoms with Gasteiger partial charge in [0, 0.05) is 19.1 Å². The van der Waals surface area contributed by atoms with Crippen molar-refractivity contribution in [3.05, 3.63) is 48.5 Å². The minimum absolute atomic E-state index is 0.00306. The number of carbonyl (C=O) groups is 1. The fourth-order valence-corrected chi connectivity index (χ4v) is 3.80. The lowest BCUT2D eigenvalue weighted by molar-refractivity contribution is -0.142. The number of nitrogens with zero attached hydrogens (tertiary/aromatic N) is 2. The van der Waals surface area contributed by atoms with E-state index in [9.17, 15) is 4.79 Å². The first-order valence-corrected chi connectivity index (χ1v) is 9.65. The van der Waals surface area contributed by atoms with Crippen molar-refractivity contribution < 1.29 is 14.3 Å². The highest BCUT2D eigenvalue weighted by Crippen LogP contribution is 2.31. The van der Waals surface area contributed by atoms with Crippen LogP contribution in [0.5, 0.6) is 11.5 Å². The summed E-state index contributed by atoms with van der Waals surface area (Å²) < 4.78 is 11.5. The van der Waals surface area contributed by atoms with Crippen LogP contribution in [0.25, 0.3) is 11.0 Å². The Hall–Kier alpha value is -3.22. The Kier molecular flexibility index (Phi) is 4.27. The van der Waals surface area contributed by atoms with Gasteiger partial charge in [-0.15, -0.1) is 0 Å². The molecule has 5 rings (SSSR count). The molecule has 3 heterocycles. The number of imidazole rings is 1. The van der Waals surface area contributed by atoms with Gasteiger partial charge in [0.25, 0.3) is 5.91 Å². The molecule has 0 saturated carbocycles. The summed E-state index contributed by atoms with van der Waals surface area (Å²) in [7, 11) is 0. The molecule has 7 nitrogen and oxygen atoms in total. The van der Waals surface area contributed by atoms with Crippen molar-refractivity contribution in [3.8, 4) is 11.5 Å². The van der Waals surface area contributed by atoms with Crippen LogP contribution in [0.3, 0.4) is 0 Å². The van der Waals surface area contributed by atoms with Gasteiger partial charge in [-0.1, -0.05) is 24.3 Å². The van der Waals surface area contributed by atoms with Gasteiger partial charge in [-0.05, 0) is 37.1 Å². The predicted octanol–water partition coefficient (Wildman–Crippen LogP) is 2.81. The number of para-hydroxylation sites is 4. The van der Waals surface area contributed by atoms with E-state index in [4.69, 9.17) is 9.47 Å². The minimum atomic E-state index is -0.574. The molecule has 1 atom stereocenters. The molecule has 28 heavy (non-hydrogen) atoms. The van der Waals surface area contributed by atoms with E-state index in [2.05, 4.69) is 15.3 Å². The molecule has 0 radical (unpaired) electrons. The van der Waals surface area contributed by atoms with Crippen molar-refractivity contribution in [2.24, 2.45) is 0 Å². The van der Waals surface area contributed by atoms with Crippen LogP contribution in [0.1, 0.15) is 12.8 Å². The number of amides is 1. The molecule has 1 unspecified atom stereocenters. The first-order chi connectivity index (χ1) is 13.8. The van der Waals surface area contributed by atoms with Crippen molar-refractivity contribution in [2.75, 3.05) is 25.0 Å². The van der Waals surface area contributed by atoms with Crippen LogP contribution in [0.4, 0.5) is 5.95 Å². The number of carbonyl (C=O) groups excluding carboxylic acids is 1. The predicted molar refractivity (Wildman–Crippen MR) is 106 cm³/mol. The summed E-state index contributed by atoms with van der Waals surface area (Å²) in [5.74, 6) is 2.11. The zero-order chi connectivity index (χ0) is 18.9. The monoisotopic (exact) mass is 378 g/mol. The van der Waals surface area contributed by atoms with Crippen molar-refractivity contribution in [1.29, 1.82) is 0 Å². The van der Waals surface area contributed by atoms with Crippen LogP contribution >= 0.6 is 0 Å². The SMILES string of the molecule is O=C(C1COc2ccccc2O1)N1CCC(Nc2nc3ccccc3[nH]2)CC1. The number of fused-ring (bicyclic) bond motifs is 2. The van der Waals surface area contributed by atoms with Gasteiger partial charge in [-0.3, -0.25) is 4.79 Å². The summed E-state index contributed by atoms with van der Waals surface area (Å²) in [6.45, 7) is 1.64. The Morgan fingerprint density at radius 1 is 1.07 bits per heavy atom. The summed E-state index contributed by atoms with van der Waals surface area (Å²) in [5.41, 5.74) is 1.97. The molecule has 7 heteroatoms. The van der Waals surface area contributed by atoms with E-state index in [1.165, 1.54) is 0 Å². The molecule has 1 amide bonds. The van der Waals surface area contributed by atoms with E-state index in [0.717, 1.165) is 29.8 Å². The second-order valence-electron chi connectivity index (χ2n) is 7.21. The molecule has 0 bridgehead atoms. The van der Waals surface area contributed by atoms with Gasteiger partial charge in [0.05, 0.1) is 11.0 Å². The number of anilines is 1. The quantitative estimate of drug-likeness (QED) is 0.733. The number of ether oxygens (including phenoxy) is 2. The second kappa shape index (κ2) is 7.07. The Balaban J connectivity index is 1.17. The maximum absolute atomic E-state index is 12.8. The summed E-state index contributed by atoms with van der Waals surface area (Å²) in [6.07, 6.45) is 1.16. The first-order valence-electron chi connectivity index (χ1n) is 9.65. The average Bonchev–Trinajstić information content (AvgIpc) is 3.16. The van der Waals surface area contributed by atoms with Crippen molar-refractivity contribution in [1.82, 2.24) is 14.9 Å². The second-order valence-corrected chi connectivity index (χ2v) is 7.21. The van der Waals surface area contributed by atoms with E-state index < -0.39 is 6.10 Å². The van der Waals surface area contributed by atoms with Crippen LogP contribution < -0.4 is 14.8 Å². The van der Waals surface area contributed by atoms with Gasteiger partial charge in [-0.2, -0.15) is 0 Å². The number of rotatable bonds is 3. The van der Waals surface area contributed by atoms with Gasteiger partial charge in [-0.25, -0.2) is 4.98 Å². The topological polar surface area (TPSA) is 79.5 Å². The Morgan fingerprint density at radius 3 is 2.64 bits per heavy atom. The molecule has 144 valence electrons. The number of piperidine rings is 1. The van der Waals surface area contributed by atoms with Crippen LogP contribution in [-0.2, 0) is 4.79 Å². The number of H-pyrrole nitrogens is 1. The van der Waals surface area contributed by atoms with E-state index in [1.54, 1.807) is 0 Å². The molecule has 2 aliphatic rings. The number of likely N-dealkylation sites (tertiary alicyclic amines) is 1. The summed E-state index contributed by atoms with van der Waals surface area (Å²) in [4.78, 5) is 22.6. The van der Waals surface area contributed by atoms with E-state index in [1.807, 2.05) is 53.4 Å². The molecule has 2 aliphatic heterocycles. The van der Waals surface area contributed by atoms with Crippen molar-refractivity contribution in [2.45, 2.75) is 25.0 Å². The highest BCUT2D eigenvalue weighted by Gasteiger charge is 2.33. The van der Waals surface area contributed by atoms with Gasteiger partial charge in [0.1, 0.15) is 6.61 Å². The molecular weight excluding hydrogens is 356 g/mol. The number of hydrogen-bond acceptors (Lipinski definition) is 5. The number of benzene rings is 2. The lowest BCUT2D eigenvalue weighted by Gasteiger charge is -2.35. The molecule has 0 spiro atoms. The number of aromatic amines is 1. The van der Waals surface area contributed by atoms with Crippen LogP contribution in [-0.4, -0.2) is 52.6 Å². The van der Waals surface area contributed by atoms with Crippen LogP contribution in [0.2, 0.25) is 0 Å². The fourth-order valence-electron chi connectivity index (χ4n) is 3.80. The van der Waals surface area contributed by atoms with E-state index in [0.29, 0.717) is 24.6 Å². The van der Waals surface area contributed by atoms with Gasteiger partial charge in [0.2, 0.25) is 12.1 Å². The number of nitrogens with one attached hydrogen (secondary N) is 2. The van der Waals surface area contributed by atoms with Gasteiger partial charge < -0.3 is 24.7 Å². The van der Waals surface area contributed by atoms with Gasteiger partial charge >= 0.3 is 0 Å². The van der Waals surface area contributed by atoms with Crippen LogP contribution in [0, 0.1) is 0 Å². The maximum atomic E-state index is 12.8. The number of hydrogen-bond donors (Lipinski definition) is 2. The minimum Gasteiger partial charge on any atom is -0.485 e. The summed E-state index contributed by atoms with van der Waals surface area (Å²) in [5, 5.41) is 3.46. The third-order valence-electron chi connectivity index (χ3n) is 5.32. The molecule has 2 aromatic carbocycles. The molecular formula is C21H22N4O3. The highest BCUT2D eigenvalue weighted by atomic mass is 16.6. The third kappa shape index (κ3) is 3.24. The molecule has 3 aromatic rings. The van der Waals surface area contributed by atoms with E-state index >= 15 is 0 Å². The lowest BCUT2D eigenvalue weighted by atomic mass is 10.0. The Bertz CT molecular complexity index is 961. The smallest absolute Gasteiger partial charge is 0.267 e. The lowest BCUT2D eigenvalue weighted by Crippen LogP contribution is -2.50. The zero-order valence-electron chi connectivity index (χ0n) is 15.4. The Morgan fingerprint density at radius 2 is 1.82 bits per heavy atom. The third-order valence-corrected chi connectivity index (χ3v) is 5.32. The normalized spacial score (nSPS) is 19.6. The van der Waals surface area contributed by atoms with Crippen molar-refractivity contribution in [3.63, 3.8) is 0 Å². The standard InChI is InChI=1S/C21H22N4O3/c26-20(19-13-27-17-7-3-4-8-18(17)28-19)25-11-9-14(10-12-25)22-21-23-15-5-1-2-6-16(15)24-21/h1-8,14,19H,9-13H2,(H2,22,23,24). The summed E-state index contributed by atoms with van der Waals surface area (Å²) >= 11 is 0. The zero-order valence-corrected chi connectivity index (χ0v) is 15.4. The summed E-state index contributed by atoms with van der Waals surface area (Å²) in [6, 6.07) is 15.7.